The van der Waals surface area contributed by atoms with Crippen LogP contribution in [0.2, 0.25) is 0 Å². The third kappa shape index (κ3) is 3.20. The van der Waals surface area contributed by atoms with E-state index in [1.165, 1.54) is 6.20 Å². The van der Waals surface area contributed by atoms with E-state index in [0.29, 0.717) is 24.3 Å². The number of nitrogens with two attached hydrogens (primary N) is 1. The fourth-order valence-electron chi connectivity index (χ4n) is 1.60. The van der Waals surface area contributed by atoms with E-state index in [0.717, 1.165) is 0 Å². The summed E-state index contributed by atoms with van der Waals surface area (Å²) in [5.74, 6) is -0.264. The molecule has 0 saturated carbocycles. The Morgan fingerprint density at radius 2 is 2.29 bits per heavy atom. The highest BCUT2D eigenvalue weighted by molar-refractivity contribution is 5.97. The summed E-state index contributed by atoms with van der Waals surface area (Å²) in [6.45, 7) is 6.20. The second-order valence-corrected chi connectivity index (χ2v) is 4.58. The molecule has 0 saturated heterocycles. The molecule has 1 rings (SSSR count). The monoisotopic (exact) mass is 240 g/mol. The Morgan fingerprint density at radius 1 is 1.65 bits per heavy atom. The van der Waals surface area contributed by atoms with Gasteiger partial charge in [-0.25, -0.2) is 0 Å². The van der Waals surface area contributed by atoms with Crippen molar-refractivity contribution < 1.29 is 9.90 Å². The second kappa shape index (κ2) is 5.18. The second-order valence-electron chi connectivity index (χ2n) is 4.58. The van der Waals surface area contributed by atoms with Crippen molar-refractivity contribution in [1.82, 2.24) is 15.1 Å². The Morgan fingerprint density at radius 3 is 2.82 bits per heavy atom. The molecular weight excluding hydrogens is 220 g/mol. The third-order valence-electron chi connectivity index (χ3n) is 2.57. The first-order chi connectivity index (χ1) is 7.91. The number of aryl methyl sites for hydroxylation is 1. The lowest BCUT2D eigenvalue weighted by atomic mass is 10.0. The molecule has 6 heteroatoms. The highest BCUT2D eigenvalue weighted by atomic mass is 16.3. The van der Waals surface area contributed by atoms with Crippen LogP contribution in [0.25, 0.3) is 0 Å². The van der Waals surface area contributed by atoms with Crippen LogP contribution in [0.3, 0.4) is 0 Å². The van der Waals surface area contributed by atoms with Gasteiger partial charge in [-0.15, -0.1) is 0 Å². The smallest absolute Gasteiger partial charge is 0.272 e. The lowest BCUT2D eigenvalue weighted by Crippen LogP contribution is -2.44. The van der Waals surface area contributed by atoms with Gasteiger partial charge in [-0.2, -0.15) is 5.10 Å². The van der Waals surface area contributed by atoms with Crippen LogP contribution in [-0.4, -0.2) is 32.9 Å². The molecule has 0 aliphatic carbocycles. The number of nitrogens with one attached hydrogen (secondary N) is 1. The van der Waals surface area contributed by atoms with Crippen LogP contribution in [0.15, 0.2) is 6.20 Å². The van der Waals surface area contributed by atoms with Crippen molar-refractivity contribution >= 4 is 11.6 Å². The lowest BCUT2D eigenvalue weighted by Gasteiger charge is -2.25. The molecule has 0 aliphatic heterocycles. The van der Waals surface area contributed by atoms with E-state index < -0.39 is 5.54 Å². The number of aliphatic hydroxyl groups excluding tert-OH is 1. The molecule has 1 heterocycles. The van der Waals surface area contributed by atoms with Gasteiger partial charge in [-0.1, -0.05) is 0 Å². The Bertz CT molecular complexity index is 398. The third-order valence-corrected chi connectivity index (χ3v) is 2.57. The predicted molar refractivity (Wildman–Crippen MR) is 65.6 cm³/mol. The topological polar surface area (TPSA) is 93.2 Å². The molecule has 4 N–H and O–H groups in total. The SMILES string of the molecule is CCn1ncc(N)c1C(=O)NC(C)(C)CCO. The van der Waals surface area contributed by atoms with Crippen molar-refractivity contribution in [2.45, 2.75) is 39.3 Å². The van der Waals surface area contributed by atoms with E-state index in [1.807, 2.05) is 20.8 Å². The first-order valence-electron chi connectivity index (χ1n) is 5.66. The number of amides is 1. The van der Waals surface area contributed by atoms with E-state index in [4.69, 9.17) is 10.8 Å². The van der Waals surface area contributed by atoms with Crippen LogP contribution in [0, 0.1) is 0 Å². The van der Waals surface area contributed by atoms with Gasteiger partial charge in [0.2, 0.25) is 0 Å². The van der Waals surface area contributed by atoms with Crippen LogP contribution < -0.4 is 11.1 Å². The highest BCUT2D eigenvalue weighted by Crippen LogP contribution is 2.14. The molecular formula is C11H20N4O2. The average Bonchev–Trinajstić information content (AvgIpc) is 2.58. The standard InChI is InChI=1S/C11H20N4O2/c1-4-15-9(8(12)7-13-15)10(17)14-11(2,3)5-6-16/h7,16H,4-6,12H2,1-3H3,(H,14,17). The number of anilines is 1. The predicted octanol–water partition coefficient (Wildman–Crippen LogP) is 0.376. The molecule has 17 heavy (non-hydrogen) atoms. The van der Waals surface area contributed by atoms with Gasteiger partial charge in [-0.3, -0.25) is 9.48 Å². The Balaban J connectivity index is 2.86. The van der Waals surface area contributed by atoms with Crippen molar-refractivity contribution in [1.29, 1.82) is 0 Å². The van der Waals surface area contributed by atoms with Crippen LogP contribution in [0.1, 0.15) is 37.7 Å². The van der Waals surface area contributed by atoms with Gasteiger partial charge in [0.25, 0.3) is 5.91 Å². The normalized spacial score (nSPS) is 11.5. The molecule has 0 bridgehead atoms. The number of rotatable bonds is 5. The molecule has 0 aliphatic rings. The summed E-state index contributed by atoms with van der Waals surface area (Å²) in [4.78, 5) is 12.1. The summed E-state index contributed by atoms with van der Waals surface area (Å²) in [6.07, 6.45) is 1.95. The van der Waals surface area contributed by atoms with Crippen molar-refractivity contribution in [3.8, 4) is 0 Å². The first-order valence-corrected chi connectivity index (χ1v) is 5.66. The maximum Gasteiger partial charge on any atom is 0.272 e. The number of nitrogen functional groups attached to an aromatic ring is 1. The number of hydrogen-bond acceptors (Lipinski definition) is 4. The van der Waals surface area contributed by atoms with E-state index in [9.17, 15) is 4.79 Å². The molecule has 0 aromatic carbocycles. The fourth-order valence-corrected chi connectivity index (χ4v) is 1.60. The van der Waals surface area contributed by atoms with Gasteiger partial charge in [0.05, 0.1) is 11.9 Å². The fraction of sp³-hybridized carbons (Fsp3) is 0.636. The van der Waals surface area contributed by atoms with E-state index in [2.05, 4.69) is 10.4 Å². The summed E-state index contributed by atoms with van der Waals surface area (Å²) < 4.78 is 1.56. The highest BCUT2D eigenvalue weighted by Gasteiger charge is 2.24. The van der Waals surface area contributed by atoms with Gasteiger partial charge >= 0.3 is 0 Å². The molecule has 0 atom stereocenters. The van der Waals surface area contributed by atoms with Gasteiger partial charge in [0.1, 0.15) is 5.69 Å². The minimum Gasteiger partial charge on any atom is -0.396 e. The summed E-state index contributed by atoms with van der Waals surface area (Å²) in [7, 11) is 0. The Labute approximate surface area is 101 Å². The average molecular weight is 240 g/mol. The van der Waals surface area contributed by atoms with Gasteiger partial charge in [0.15, 0.2) is 0 Å². The van der Waals surface area contributed by atoms with Crippen LogP contribution >= 0.6 is 0 Å². The molecule has 1 amide bonds. The summed E-state index contributed by atoms with van der Waals surface area (Å²) >= 11 is 0. The van der Waals surface area contributed by atoms with Crippen molar-refractivity contribution in [3.63, 3.8) is 0 Å². The Hall–Kier alpha value is -1.56. The number of carbonyl (C=O) groups excluding carboxylic acids is 1. The molecule has 1 aromatic rings. The molecule has 0 radical (unpaired) electrons. The maximum atomic E-state index is 12.1. The van der Waals surface area contributed by atoms with Crippen LogP contribution in [0.5, 0.6) is 0 Å². The molecule has 96 valence electrons. The quantitative estimate of drug-likeness (QED) is 0.693. The number of aromatic nitrogens is 2. The number of hydrogen-bond donors (Lipinski definition) is 3. The largest absolute Gasteiger partial charge is 0.396 e. The number of aliphatic hydroxyl groups is 1. The summed E-state index contributed by atoms with van der Waals surface area (Å²) in [6, 6.07) is 0. The zero-order valence-electron chi connectivity index (χ0n) is 10.5. The van der Waals surface area contributed by atoms with Crippen LogP contribution in [-0.2, 0) is 6.54 Å². The number of carbonyl (C=O) groups is 1. The van der Waals surface area contributed by atoms with Crippen molar-refractivity contribution in [2.24, 2.45) is 0 Å². The summed E-state index contributed by atoms with van der Waals surface area (Å²) in [5, 5.41) is 15.8. The van der Waals surface area contributed by atoms with Crippen molar-refractivity contribution in [2.75, 3.05) is 12.3 Å². The zero-order valence-corrected chi connectivity index (χ0v) is 10.5. The minimum atomic E-state index is -0.471. The van der Waals surface area contributed by atoms with Crippen LogP contribution in [0.4, 0.5) is 5.69 Å². The molecule has 1 aromatic heterocycles. The molecule has 6 nitrogen and oxygen atoms in total. The number of nitrogens with zero attached hydrogens (tertiary/aromatic N) is 2. The summed E-state index contributed by atoms with van der Waals surface area (Å²) in [5.41, 5.74) is 5.98. The Kier molecular flexibility index (Phi) is 4.11. The van der Waals surface area contributed by atoms with E-state index in [-0.39, 0.29) is 12.5 Å². The van der Waals surface area contributed by atoms with Gasteiger partial charge in [0, 0.05) is 18.7 Å². The lowest BCUT2D eigenvalue weighted by molar-refractivity contribution is 0.0889. The molecule has 0 spiro atoms. The zero-order chi connectivity index (χ0) is 13.1. The van der Waals surface area contributed by atoms with E-state index >= 15 is 0 Å². The molecule has 0 fully saturated rings. The van der Waals surface area contributed by atoms with Crippen molar-refractivity contribution in [3.05, 3.63) is 11.9 Å². The minimum absolute atomic E-state index is 0.0236. The first kappa shape index (κ1) is 13.5. The van der Waals surface area contributed by atoms with Gasteiger partial charge < -0.3 is 16.2 Å². The van der Waals surface area contributed by atoms with Gasteiger partial charge in [-0.05, 0) is 27.2 Å². The molecule has 0 unspecified atom stereocenters. The van der Waals surface area contributed by atoms with E-state index in [1.54, 1.807) is 4.68 Å². The maximum absolute atomic E-state index is 12.1.